The Morgan fingerprint density at radius 1 is 1.00 bits per heavy atom. The average Bonchev–Trinajstić information content (AvgIpc) is 2.81. The Morgan fingerprint density at radius 2 is 1.59 bits per heavy atom. The molecule has 1 fully saturated rings. The molecule has 1 heterocycles. The van der Waals surface area contributed by atoms with Gasteiger partial charge in [-0.2, -0.15) is 0 Å². The molecule has 1 atom stereocenters. The zero-order valence-corrected chi connectivity index (χ0v) is 19.3. The van der Waals surface area contributed by atoms with Crippen molar-refractivity contribution in [2.45, 2.75) is 39.2 Å². The predicted molar refractivity (Wildman–Crippen MR) is 126 cm³/mol. The first-order valence-electron chi connectivity index (χ1n) is 11.1. The summed E-state index contributed by atoms with van der Waals surface area (Å²) in [5, 5.41) is 6.45. The maximum atomic E-state index is 12.9. The second-order valence-electron chi connectivity index (χ2n) is 8.24. The number of nitrogens with one attached hydrogen (secondary N) is 2. The third-order valence-corrected chi connectivity index (χ3v) is 6.07. The van der Waals surface area contributed by atoms with E-state index in [0.29, 0.717) is 48.6 Å². The first-order chi connectivity index (χ1) is 15.4. The van der Waals surface area contributed by atoms with Gasteiger partial charge in [0.05, 0.1) is 0 Å². The standard InChI is InChI=1S/C25H30ClN3O3/c1-3-14-27-24(31)22(28-23(30)19-6-4-17(2)5-7-19)18-12-15-29(16-13-18)25(32)20-8-10-21(26)11-9-20/h4-11,18,22H,3,12-16H2,1-2H3,(H,27,31)(H,28,30)/t22-/m0/s1. The zero-order chi connectivity index (χ0) is 23.1. The summed E-state index contributed by atoms with van der Waals surface area (Å²) in [5.41, 5.74) is 2.19. The Hall–Kier alpha value is -2.86. The maximum absolute atomic E-state index is 12.9. The number of likely N-dealkylation sites (tertiary alicyclic amines) is 1. The van der Waals surface area contributed by atoms with Crippen LogP contribution in [0.3, 0.4) is 0 Å². The van der Waals surface area contributed by atoms with Crippen LogP contribution < -0.4 is 10.6 Å². The van der Waals surface area contributed by atoms with E-state index in [1.807, 2.05) is 26.0 Å². The molecular formula is C25H30ClN3O3. The lowest BCUT2D eigenvalue weighted by Crippen LogP contribution is -2.54. The second-order valence-corrected chi connectivity index (χ2v) is 8.68. The fourth-order valence-corrected chi connectivity index (χ4v) is 4.02. The van der Waals surface area contributed by atoms with E-state index in [2.05, 4.69) is 10.6 Å². The number of piperidine rings is 1. The third kappa shape index (κ3) is 6.10. The van der Waals surface area contributed by atoms with Gasteiger partial charge < -0.3 is 15.5 Å². The van der Waals surface area contributed by atoms with E-state index in [1.165, 1.54) is 0 Å². The van der Waals surface area contributed by atoms with Gasteiger partial charge in [-0.1, -0.05) is 36.2 Å². The molecule has 1 aliphatic rings. The van der Waals surface area contributed by atoms with E-state index in [1.54, 1.807) is 41.3 Å². The van der Waals surface area contributed by atoms with Crippen LogP contribution in [0.1, 0.15) is 52.5 Å². The van der Waals surface area contributed by atoms with Crippen LogP contribution in [0.2, 0.25) is 5.02 Å². The summed E-state index contributed by atoms with van der Waals surface area (Å²) >= 11 is 5.92. The maximum Gasteiger partial charge on any atom is 0.253 e. The van der Waals surface area contributed by atoms with E-state index in [9.17, 15) is 14.4 Å². The fraction of sp³-hybridized carbons (Fsp3) is 0.400. The molecule has 1 aliphatic heterocycles. The first kappa shape index (κ1) is 23.8. The van der Waals surface area contributed by atoms with Gasteiger partial charge in [-0.25, -0.2) is 0 Å². The van der Waals surface area contributed by atoms with Crippen molar-refractivity contribution in [2.24, 2.45) is 5.92 Å². The summed E-state index contributed by atoms with van der Waals surface area (Å²) in [7, 11) is 0. The lowest BCUT2D eigenvalue weighted by atomic mass is 9.88. The van der Waals surface area contributed by atoms with E-state index in [4.69, 9.17) is 11.6 Å². The Bertz CT molecular complexity index is 936. The highest BCUT2D eigenvalue weighted by molar-refractivity contribution is 6.30. The van der Waals surface area contributed by atoms with E-state index >= 15 is 0 Å². The third-order valence-electron chi connectivity index (χ3n) is 5.82. The molecule has 0 bridgehead atoms. The lowest BCUT2D eigenvalue weighted by molar-refractivity contribution is -0.124. The van der Waals surface area contributed by atoms with Crippen LogP contribution in [0.4, 0.5) is 0 Å². The molecule has 1 saturated heterocycles. The highest BCUT2D eigenvalue weighted by atomic mass is 35.5. The zero-order valence-electron chi connectivity index (χ0n) is 18.6. The van der Waals surface area contributed by atoms with Gasteiger partial charge in [-0.05, 0) is 68.5 Å². The van der Waals surface area contributed by atoms with E-state index in [-0.39, 0.29) is 23.6 Å². The Kier molecular flexibility index (Phi) is 8.28. The number of amides is 3. The van der Waals surface area contributed by atoms with Crippen molar-refractivity contribution in [1.29, 1.82) is 0 Å². The Balaban J connectivity index is 1.66. The van der Waals surface area contributed by atoms with Gasteiger partial charge in [-0.15, -0.1) is 0 Å². The van der Waals surface area contributed by atoms with Crippen molar-refractivity contribution in [1.82, 2.24) is 15.5 Å². The molecule has 0 unspecified atom stereocenters. The van der Waals surface area contributed by atoms with E-state index < -0.39 is 6.04 Å². The van der Waals surface area contributed by atoms with Crippen LogP contribution in [0.5, 0.6) is 0 Å². The van der Waals surface area contributed by atoms with Gasteiger partial charge in [0.1, 0.15) is 6.04 Å². The number of aryl methyl sites for hydroxylation is 1. The van der Waals surface area contributed by atoms with Crippen molar-refractivity contribution >= 4 is 29.3 Å². The van der Waals surface area contributed by atoms with Crippen LogP contribution in [0.15, 0.2) is 48.5 Å². The molecule has 170 valence electrons. The quantitative estimate of drug-likeness (QED) is 0.666. The number of hydrogen-bond acceptors (Lipinski definition) is 3. The lowest BCUT2D eigenvalue weighted by Gasteiger charge is -2.36. The molecule has 7 heteroatoms. The molecule has 6 nitrogen and oxygen atoms in total. The largest absolute Gasteiger partial charge is 0.354 e. The monoisotopic (exact) mass is 455 g/mol. The minimum atomic E-state index is -0.636. The van der Waals surface area contributed by atoms with Crippen LogP contribution in [-0.4, -0.2) is 48.3 Å². The number of halogens is 1. The molecule has 3 rings (SSSR count). The molecule has 2 aromatic rings. The molecule has 0 spiro atoms. The highest BCUT2D eigenvalue weighted by Gasteiger charge is 2.34. The predicted octanol–water partition coefficient (Wildman–Crippen LogP) is 3.83. The number of nitrogens with zero attached hydrogens (tertiary/aromatic N) is 1. The molecule has 3 amide bonds. The van der Waals surface area contributed by atoms with Crippen molar-refractivity contribution in [3.63, 3.8) is 0 Å². The molecular weight excluding hydrogens is 426 g/mol. The van der Waals surface area contributed by atoms with Crippen molar-refractivity contribution in [3.8, 4) is 0 Å². The summed E-state index contributed by atoms with van der Waals surface area (Å²) < 4.78 is 0. The first-order valence-corrected chi connectivity index (χ1v) is 11.5. The Labute approximate surface area is 194 Å². The van der Waals surface area contributed by atoms with Crippen LogP contribution >= 0.6 is 11.6 Å². The molecule has 0 saturated carbocycles. The van der Waals surface area contributed by atoms with Gasteiger partial charge >= 0.3 is 0 Å². The number of carbonyl (C=O) groups is 3. The summed E-state index contributed by atoms with van der Waals surface area (Å²) in [4.78, 5) is 40.3. The minimum absolute atomic E-state index is 0.0456. The van der Waals surface area contributed by atoms with Crippen molar-refractivity contribution in [3.05, 3.63) is 70.2 Å². The van der Waals surface area contributed by atoms with Crippen LogP contribution in [0.25, 0.3) is 0 Å². The summed E-state index contributed by atoms with van der Waals surface area (Å²) in [5.74, 6) is -0.526. The van der Waals surface area contributed by atoms with Gasteiger partial charge in [0, 0.05) is 35.8 Å². The van der Waals surface area contributed by atoms with Gasteiger partial charge in [0.15, 0.2) is 0 Å². The van der Waals surface area contributed by atoms with Crippen molar-refractivity contribution < 1.29 is 14.4 Å². The minimum Gasteiger partial charge on any atom is -0.354 e. The summed E-state index contributed by atoms with van der Waals surface area (Å²) in [6.45, 7) is 5.57. The normalized spacial score (nSPS) is 15.2. The van der Waals surface area contributed by atoms with Gasteiger partial charge in [0.2, 0.25) is 5.91 Å². The molecule has 2 aromatic carbocycles. The molecule has 0 aromatic heterocycles. The summed E-state index contributed by atoms with van der Waals surface area (Å²) in [6.07, 6.45) is 2.09. The van der Waals surface area contributed by atoms with Crippen LogP contribution in [-0.2, 0) is 4.79 Å². The average molecular weight is 456 g/mol. The number of rotatable bonds is 7. The second kappa shape index (κ2) is 11.1. The summed E-state index contributed by atoms with van der Waals surface area (Å²) in [6, 6.07) is 13.5. The molecule has 0 radical (unpaired) electrons. The number of benzene rings is 2. The van der Waals surface area contributed by atoms with Gasteiger partial charge in [0.25, 0.3) is 11.8 Å². The number of carbonyl (C=O) groups excluding carboxylic acids is 3. The molecule has 32 heavy (non-hydrogen) atoms. The smallest absolute Gasteiger partial charge is 0.253 e. The number of hydrogen-bond donors (Lipinski definition) is 2. The van der Waals surface area contributed by atoms with Crippen molar-refractivity contribution in [2.75, 3.05) is 19.6 Å². The SMILES string of the molecule is CCCNC(=O)[C@@H](NC(=O)c1ccc(C)cc1)C1CCN(C(=O)c2ccc(Cl)cc2)CC1. The van der Waals surface area contributed by atoms with E-state index in [0.717, 1.165) is 12.0 Å². The fourth-order valence-electron chi connectivity index (χ4n) is 3.90. The van der Waals surface area contributed by atoms with Gasteiger partial charge in [-0.3, -0.25) is 14.4 Å². The van der Waals surface area contributed by atoms with Crippen LogP contribution in [0, 0.1) is 12.8 Å². The molecule has 2 N–H and O–H groups in total. The topological polar surface area (TPSA) is 78.5 Å². The highest BCUT2D eigenvalue weighted by Crippen LogP contribution is 2.23. The Morgan fingerprint density at radius 3 is 2.19 bits per heavy atom. The molecule has 0 aliphatic carbocycles.